The van der Waals surface area contributed by atoms with Crippen LogP contribution in [0.1, 0.15) is 0 Å². The summed E-state index contributed by atoms with van der Waals surface area (Å²) in [6.45, 7) is -0.542. The molecule has 0 aliphatic carbocycles. The summed E-state index contributed by atoms with van der Waals surface area (Å²) in [5.41, 5.74) is 0. The van der Waals surface area contributed by atoms with E-state index in [0.29, 0.717) is 5.75 Å². The van der Waals surface area contributed by atoms with Crippen LogP contribution in [0.3, 0.4) is 0 Å². The minimum Gasteiger partial charge on any atom is -0.480 e. The lowest BCUT2D eigenvalue weighted by molar-refractivity contribution is -0.140. The molecule has 1 heterocycles. The van der Waals surface area contributed by atoms with E-state index in [1.165, 1.54) is 11.8 Å². The van der Waals surface area contributed by atoms with Gasteiger partial charge in [-0.1, -0.05) is 0 Å². The Kier molecular flexibility index (Phi) is 5.44. The van der Waals surface area contributed by atoms with E-state index in [0.717, 1.165) is 11.2 Å². The van der Waals surface area contributed by atoms with Gasteiger partial charge < -0.3 is 20.4 Å². The number of carbonyl (C=O) groups excluding carboxylic acids is 1. The predicted octanol–water partition coefficient (Wildman–Crippen LogP) is -1.44. The first kappa shape index (κ1) is 16.1. The summed E-state index contributed by atoms with van der Waals surface area (Å²) in [5.74, 6) is -0.544. The van der Waals surface area contributed by atoms with Crippen molar-refractivity contribution in [2.75, 3.05) is 30.9 Å². The third kappa shape index (κ3) is 4.25. The molecule has 10 heteroatoms. The molecule has 1 aliphatic heterocycles. The van der Waals surface area contributed by atoms with Gasteiger partial charge in [0.1, 0.15) is 5.37 Å². The second-order valence-electron chi connectivity index (χ2n) is 4.08. The fraction of sp³-hybridized carbons (Fsp3) is 0.778. The summed E-state index contributed by atoms with van der Waals surface area (Å²) >= 11 is 1.42. The molecule has 0 aromatic heterocycles. The molecule has 8 nitrogen and oxygen atoms in total. The summed E-state index contributed by atoms with van der Waals surface area (Å²) in [7, 11) is -3.45. The number of carboxylic acid groups (broad SMARTS) is 1. The van der Waals surface area contributed by atoms with Gasteiger partial charge in [0, 0.05) is 24.3 Å². The highest BCUT2D eigenvalue weighted by molar-refractivity contribution is 8.00. The molecule has 0 aromatic rings. The molecule has 19 heavy (non-hydrogen) atoms. The maximum atomic E-state index is 11.9. The highest BCUT2D eigenvalue weighted by Crippen LogP contribution is 2.20. The zero-order chi connectivity index (χ0) is 14.6. The van der Waals surface area contributed by atoms with Crippen LogP contribution in [0.4, 0.5) is 4.79 Å². The molecule has 1 rings (SSSR count). The largest absolute Gasteiger partial charge is 0.480 e. The molecular weight excluding hydrogens is 296 g/mol. The maximum Gasteiger partial charge on any atom is 0.328 e. The van der Waals surface area contributed by atoms with Gasteiger partial charge >= 0.3 is 12.0 Å². The van der Waals surface area contributed by atoms with E-state index in [1.807, 2.05) is 0 Å². The Morgan fingerprint density at radius 3 is 2.63 bits per heavy atom. The van der Waals surface area contributed by atoms with Crippen LogP contribution in [0.5, 0.6) is 0 Å². The Labute approximate surface area is 115 Å². The highest BCUT2D eigenvalue weighted by Gasteiger charge is 2.35. The molecule has 0 spiro atoms. The van der Waals surface area contributed by atoms with E-state index in [1.54, 1.807) is 0 Å². The number of carboxylic acids is 1. The normalized spacial score (nSPS) is 21.8. The lowest BCUT2D eigenvalue weighted by Crippen LogP contribution is -2.56. The fourth-order valence-electron chi connectivity index (χ4n) is 1.59. The van der Waals surface area contributed by atoms with Crippen LogP contribution < -0.4 is 5.32 Å². The molecule has 2 atom stereocenters. The molecule has 0 radical (unpaired) electrons. The van der Waals surface area contributed by atoms with Crippen molar-refractivity contribution in [3.8, 4) is 0 Å². The number of carbonyl (C=O) groups is 2. The van der Waals surface area contributed by atoms with Crippen molar-refractivity contribution in [2.24, 2.45) is 0 Å². The van der Waals surface area contributed by atoms with Crippen LogP contribution in [-0.2, 0) is 14.6 Å². The molecule has 3 N–H and O–H groups in total. The lowest BCUT2D eigenvalue weighted by Gasteiger charge is -2.34. The van der Waals surface area contributed by atoms with Crippen LogP contribution in [0, 0.1) is 0 Å². The maximum absolute atomic E-state index is 11.9. The summed E-state index contributed by atoms with van der Waals surface area (Å²) in [6.07, 6.45) is 1.03. The third-order valence-corrected chi connectivity index (χ3v) is 5.26. The van der Waals surface area contributed by atoms with Gasteiger partial charge in [-0.3, -0.25) is 0 Å². The smallest absolute Gasteiger partial charge is 0.328 e. The molecule has 110 valence electrons. The molecule has 1 unspecified atom stereocenters. The van der Waals surface area contributed by atoms with E-state index < -0.39 is 39.9 Å². The number of hydrogen-bond donors (Lipinski definition) is 3. The number of rotatable bonds is 4. The molecule has 1 fully saturated rings. The van der Waals surface area contributed by atoms with Crippen molar-refractivity contribution in [2.45, 2.75) is 11.4 Å². The van der Waals surface area contributed by atoms with Crippen molar-refractivity contribution in [3.63, 3.8) is 0 Å². The molecule has 0 aromatic carbocycles. The van der Waals surface area contributed by atoms with Gasteiger partial charge in [-0.2, -0.15) is 11.8 Å². The van der Waals surface area contributed by atoms with Crippen LogP contribution >= 0.6 is 11.8 Å². The number of aliphatic hydroxyl groups is 1. The summed E-state index contributed by atoms with van der Waals surface area (Å²) in [5, 5.41) is 18.7. The average molecular weight is 312 g/mol. The second kappa shape index (κ2) is 6.44. The van der Waals surface area contributed by atoms with Crippen molar-refractivity contribution >= 4 is 33.6 Å². The van der Waals surface area contributed by atoms with Crippen molar-refractivity contribution in [1.82, 2.24) is 10.2 Å². The number of thioether (sulfide) groups is 1. The number of nitrogens with one attached hydrogen (secondary N) is 1. The Morgan fingerprint density at radius 1 is 1.53 bits per heavy atom. The highest BCUT2D eigenvalue weighted by atomic mass is 32.2. The first-order chi connectivity index (χ1) is 8.77. The van der Waals surface area contributed by atoms with Gasteiger partial charge in [-0.25, -0.2) is 18.0 Å². The van der Waals surface area contributed by atoms with Gasteiger partial charge in [0.25, 0.3) is 0 Å². The number of urea groups is 1. The van der Waals surface area contributed by atoms with Gasteiger partial charge in [-0.05, 0) is 0 Å². The lowest BCUT2D eigenvalue weighted by atomic mass is 10.3. The SMILES string of the molecule is CS(=O)(=O)C1CSCCN1C(=O)N[C@H](CO)C(=O)O. The standard InChI is InChI=1S/C9H16N2O6S2/c1-19(16,17)7-5-18-3-2-11(7)9(15)10-6(4-12)8(13)14/h6-7,12H,2-5H2,1H3,(H,10,15)(H,13,14)/t6-,7?/m1/s1. The van der Waals surface area contributed by atoms with Crippen LogP contribution in [0.25, 0.3) is 0 Å². The van der Waals surface area contributed by atoms with Crippen LogP contribution in [-0.4, -0.2) is 77.9 Å². The van der Waals surface area contributed by atoms with Gasteiger partial charge in [0.2, 0.25) is 0 Å². The van der Waals surface area contributed by atoms with Crippen LogP contribution in [0.2, 0.25) is 0 Å². The van der Waals surface area contributed by atoms with E-state index in [2.05, 4.69) is 5.32 Å². The second-order valence-corrected chi connectivity index (χ2v) is 7.43. The Bertz CT molecular complexity index is 452. The first-order valence-electron chi connectivity index (χ1n) is 5.44. The fourth-order valence-corrected chi connectivity index (χ4v) is 4.40. The number of nitrogens with zero attached hydrogens (tertiary/aromatic N) is 1. The minimum atomic E-state index is -3.45. The molecule has 1 aliphatic rings. The van der Waals surface area contributed by atoms with Crippen molar-refractivity contribution in [1.29, 1.82) is 0 Å². The van der Waals surface area contributed by atoms with Gasteiger partial charge in [0.05, 0.1) is 6.61 Å². The van der Waals surface area contributed by atoms with E-state index >= 15 is 0 Å². The number of sulfone groups is 1. The third-order valence-electron chi connectivity index (χ3n) is 2.62. The molecule has 2 amide bonds. The zero-order valence-electron chi connectivity index (χ0n) is 10.3. The summed E-state index contributed by atoms with van der Waals surface area (Å²) in [6, 6.07) is -2.24. The van der Waals surface area contributed by atoms with Crippen molar-refractivity contribution < 1.29 is 28.2 Å². The molecule has 0 bridgehead atoms. The van der Waals surface area contributed by atoms with Gasteiger partial charge in [0.15, 0.2) is 15.9 Å². The molecular formula is C9H16N2O6S2. The van der Waals surface area contributed by atoms with E-state index in [9.17, 15) is 18.0 Å². The summed E-state index contributed by atoms with van der Waals surface area (Å²) < 4.78 is 23.2. The number of amides is 2. The summed E-state index contributed by atoms with van der Waals surface area (Å²) in [4.78, 5) is 23.7. The van der Waals surface area contributed by atoms with E-state index in [-0.39, 0.29) is 12.3 Å². The minimum absolute atomic E-state index is 0.214. The molecule has 0 saturated carbocycles. The van der Waals surface area contributed by atoms with Crippen LogP contribution in [0.15, 0.2) is 0 Å². The predicted molar refractivity (Wildman–Crippen MR) is 69.7 cm³/mol. The number of aliphatic hydroxyl groups excluding tert-OH is 1. The zero-order valence-corrected chi connectivity index (χ0v) is 11.9. The Hall–Kier alpha value is -1.00. The Morgan fingerprint density at radius 2 is 2.16 bits per heavy atom. The monoisotopic (exact) mass is 312 g/mol. The quantitative estimate of drug-likeness (QED) is 0.581. The van der Waals surface area contributed by atoms with Gasteiger partial charge in [-0.15, -0.1) is 0 Å². The van der Waals surface area contributed by atoms with E-state index in [4.69, 9.17) is 10.2 Å². The number of hydrogen-bond acceptors (Lipinski definition) is 6. The van der Waals surface area contributed by atoms with Crippen molar-refractivity contribution in [3.05, 3.63) is 0 Å². The average Bonchev–Trinajstić information content (AvgIpc) is 2.34. The molecule has 1 saturated heterocycles. The first-order valence-corrected chi connectivity index (χ1v) is 8.55. The topological polar surface area (TPSA) is 124 Å². The number of aliphatic carboxylic acids is 1. The Balaban J connectivity index is 2.81.